The van der Waals surface area contributed by atoms with Crippen LogP contribution in [0.4, 0.5) is 4.39 Å². The highest BCUT2D eigenvalue weighted by Crippen LogP contribution is 2.17. The van der Waals surface area contributed by atoms with E-state index in [4.69, 9.17) is 0 Å². The number of hydrogen-bond donors (Lipinski definition) is 1. The SMILES string of the molecule is CNC(Cn1ccn(C(C)C)c1=O)c1ccccc1F. The third-order valence-electron chi connectivity index (χ3n) is 3.44. The molecule has 0 aliphatic rings. The Kier molecular flexibility index (Phi) is 4.39. The highest BCUT2D eigenvalue weighted by molar-refractivity contribution is 5.21. The molecule has 1 aromatic carbocycles. The minimum atomic E-state index is -0.261. The summed E-state index contributed by atoms with van der Waals surface area (Å²) in [5.74, 6) is -0.261. The summed E-state index contributed by atoms with van der Waals surface area (Å²) >= 11 is 0. The van der Waals surface area contributed by atoms with Gasteiger partial charge in [0.15, 0.2) is 0 Å². The van der Waals surface area contributed by atoms with Crippen LogP contribution in [0.3, 0.4) is 0 Å². The molecule has 0 aliphatic carbocycles. The maximum Gasteiger partial charge on any atom is 0.328 e. The van der Waals surface area contributed by atoms with E-state index in [2.05, 4.69) is 5.32 Å². The maximum atomic E-state index is 13.8. The molecule has 5 heteroatoms. The Balaban J connectivity index is 2.28. The second kappa shape index (κ2) is 6.05. The van der Waals surface area contributed by atoms with E-state index in [0.717, 1.165) is 0 Å². The summed E-state index contributed by atoms with van der Waals surface area (Å²) in [4.78, 5) is 12.2. The summed E-state index contributed by atoms with van der Waals surface area (Å²) in [5.41, 5.74) is 0.496. The molecule has 1 aromatic heterocycles. The van der Waals surface area contributed by atoms with Crippen LogP contribution in [-0.2, 0) is 6.54 Å². The largest absolute Gasteiger partial charge is 0.328 e. The summed E-state index contributed by atoms with van der Waals surface area (Å²) in [5, 5.41) is 3.06. The van der Waals surface area contributed by atoms with Crippen LogP contribution in [0.1, 0.15) is 31.5 Å². The summed E-state index contributed by atoms with van der Waals surface area (Å²) in [6, 6.07) is 6.50. The fourth-order valence-corrected chi connectivity index (χ4v) is 2.26. The summed E-state index contributed by atoms with van der Waals surface area (Å²) in [6.45, 7) is 4.31. The van der Waals surface area contributed by atoms with Crippen molar-refractivity contribution in [2.45, 2.75) is 32.5 Å². The van der Waals surface area contributed by atoms with Gasteiger partial charge in [-0.25, -0.2) is 9.18 Å². The Hall–Kier alpha value is -1.88. The van der Waals surface area contributed by atoms with Crippen molar-refractivity contribution in [3.8, 4) is 0 Å². The van der Waals surface area contributed by atoms with Gasteiger partial charge in [0, 0.05) is 30.5 Å². The summed E-state index contributed by atoms with van der Waals surface area (Å²) in [7, 11) is 1.77. The molecule has 4 nitrogen and oxygen atoms in total. The van der Waals surface area contributed by atoms with Gasteiger partial charge in [0.25, 0.3) is 0 Å². The van der Waals surface area contributed by atoms with Gasteiger partial charge in [-0.3, -0.25) is 9.13 Å². The zero-order chi connectivity index (χ0) is 14.7. The fraction of sp³-hybridized carbons (Fsp3) is 0.400. The van der Waals surface area contributed by atoms with Crippen molar-refractivity contribution in [2.24, 2.45) is 0 Å². The number of nitrogens with zero attached hydrogens (tertiary/aromatic N) is 2. The van der Waals surface area contributed by atoms with Crippen molar-refractivity contribution in [3.63, 3.8) is 0 Å². The molecule has 0 radical (unpaired) electrons. The first-order valence-corrected chi connectivity index (χ1v) is 6.73. The molecule has 0 saturated heterocycles. The smallest absolute Gasteiger partial charge is 0.311 e. The molecule has 1 heterocycles. The Labute approximate surface area is 117 Å². The van der Waals surface area contributed by atoms with Gasteiger partial charge in [-0.2, -0.15) is 0 Å². The van der Waals surface area contributed by atoms with Crippen LogP contribution in [0.15, 0.2) is 41.5 Å². The maximum absolute atomic E-state index is 13.8. The van der Waals surface area contributed by atoms with Gasteiger partial charge >= 0.3 is 5.69 Å². The van der Waals surface area contributed by atoms with Gasteiger partial charge in [-0.1, -0.05) is 18.2 Å². The quantitative estimate of drug-likeness (QED) is 0.911. The lowest BCUT2D eigenvalue weighted by molar-refractivity contribution is 0.457. The van der Waals surface area contributed by atoms with Crippen molar-refractivity contribution < 1.29 is 4.39 Å². The van der Waals surface area contributed by atoms with Crippen molar-refractivity contribution >= 4 is 0 Å². The van der Waals surface area contributed by atoms with Crippen LogP contribution in [0.2, 0.25) is 0 Å². The number of nitrogens with one attached hydrogen (secondary N) is 1. The highest BCUT2D eigenvalue weighted by atomic mass is 19.1. The number of halogens is 1. The lowest BCUT2D eigenvalue weighted by atomic mass is 10.1. The van der Waals surface area contributed by atoms with Gasteiger partial charge in [-0.15, -0.1) is 0 Å². The van der Waals surface area contributed by atoms with E-state index in [1.54, 1.807) is 46.8 Å². The lowest BCUT2D eigenvalue weighted by Crippen LogP contribution is -2.30. The molecule has 1 N–H and O–H groups in total. The molecular formula is C15H20FN3O. The van der Waals surface area contributed by atoms with Gasteiger partial charge < -0.3 is 5.32 Å². The van der Waals surface area contributed by atoms with Crippen LogP contribution in [0.25, 0.3) is 0 Å². The summed E-state index contributed by atoms with van der Waals surface area (Å²) < 4.78 is 17.1. The number of rotatable bonds is 5. The zero-order valence-electron chi connectivity index (χ0n) is 12.0. The third-order valence-corrected chi connectivity index (χ3v) is 3.44. The molecule has 20 heavy (non-hydrogen) atoms. The van der Waals surface area contributed by atoms with E-state index in [1.807, 2.05) is 13.8 Å². The Bertz CT molecular complexity index is 630. The lowest BCUT2D eigenvalue weighted by Gasteiger charge is -2.17. The van der Waals surface area contributed by atoms with Gasteiger partial charge in [0.05, 0.1) is 6.04 Å². The fourth-order valence-electron chi connectivity index (χ4n) is 2.26. The van der Waals surface area contributed by atoms with Crippen molar-refractivity contribution in [3.05, 3.63) is 58.5 Å². The zero-order valence-corrected chi connectivity index (χ0v) is 12.0. The van der Waals surface area contributed by atoms with Gasteiger partial charge in [0.2, 0.25) is 0 Å². The van der Waals surface area contributed by atoms with Crippen LogP contribution >= 0.6 is 0 Å². The van der Waals surface area contributed by atoms with Crippen LogP contribution in [0, 0.1) is 5.82 Å². The van der Waals surface area contributed by atoms with Gasteiger partial charge in [-0.05, 0) is 27.0 Å². The van der Waals surface area contributed by atoms with E-state index in [9.17, 15) is 9.18 Å². The topological polar surface area (TPSA) is 39.0 Å². The molecule has 0 saturated carbocycles. The highest BCUT2D eigenvalue weighted by Gasteiger charge is 2.16. The predicted octanol–water partition coefficient (Wildman–Crippen LogP) is 2.33. The number of likely N-dealkylation sites (N-methyl/N-ethyl adjacent to an activating group) is 1. The first kappa shape index (κ1) is 14.5. The first-order valence-electron chi connectivity index (χ1n) is 6.73. The van der Waals surface area contributed by atoms with Crippen molar-refractivity contribution in [1.29, 1.82) is 0 Å². The first-order chi connectivity index (χ1) is 9.54. The number of imidazole rings is 1. The molecule has 1 unspecified atom stereocenters. The molecule has 1 atom stereocenters. The number of benzene rings is 1. The molecule has 0 fully saturated rings. The molecule has 2 rings (SSSR count). The molecular weight excluding hydrogens is 257 g/mol. The molecule has 108 valence electrons. The second-order valence-electron chi connectivity index (χ2n) is 5.10. The monoisotopic (exact) mass is 277 g/mol. The molecule has 2 aromatic rings. The van der Waals surface area contributed by atoms with Crippen molar-refractivity contribution in [2.75, 3.05) is 7.05 Å². The summed E-state index contributed by atoms with van der Waals surface area (Å²) in [6.07, 6.45) is 3.51. The Morgan fingerprint density at radius 3 is 2.50 bits per heavy atom. The minimum absolute atomic E-state index is 0.0726. The van der Waals surface area contributed by atoms with Crippen LogP contribution in [0.5, 0.6) is 0 Å². The Morgan fingerprint density at radius 2 is 1.95 bits per heavy atom. The molecule has 0 amide bonds. The van der Waals surface area contributed by atoms with Gasteiger partial charge in [0.1, 0.15) is 5.82 Å². The molecule has 0 spiro atoms. The number of hydrogen-bond acceptors (Lipinski definition) is 2. The number of aromatic nitrogens is 2. The standard InChI is InChI=1S/C15H20FN3O/c1-11(2)19-9-8-18(15(19)20)10-14(17-3)12-6-4-5-7-13(12)16/h4-9,11,14,17H,10H2,1-3H3. The minimum Gasteiger partial charge on any atom is -0.311 e. The average molecular weight is 277 g/mol. The van der Waals surface area contributed by atoms with Crippen LogP contribution in [-0.4, -0.2) is 16.2 Å². The Morgan fingerprint density at radius 1 is 1.25 bits per heavy atom. The molecule has 0 bridgehead atoms. The van der Waals surface area contributed by atoms with E-state index in [1.165, 1.54) is 6.07 Å². The third kappa shape index (κ3) is 2.82. The normalized spacial score (nSPS) is 12.8. The van der Waals surface area contributed by atoms with Crippen LogP contribution < -0.4 is 11.0 Å². The predicted molar refractivity (Wildman–Crippen MR) is 77.3 cm³/mol. The van der Waals surface area contributed by atoms with E-state index < -0.39 is 0 Å². The van der Waals surface area contributed by atoms with E-state index in [0.29, 0.717) is 12.1 Å². The van der Waals surface area contributed by atoms with E-state index >= 15 is 0 Å². The average Bonchev–Trinajstić information content (AvgIpc) is 2.78. The second-order valence-corrected chi connectivity index (χ2v) is 5.10. The van der Waals surface area contributed by atoms with Crippen molar-refractivity contribution in [1.82, 2.24) is 14.5 Å². The molecule has 0 aliphatic heterocycles. The van der Waals surface area contributed by atoms with E-state index in [-0.39, 0.29) is 23.6 Å².